The smallest absolute Gasteiger partial charge is 0.341 e. The number of esters is 1. The van der Waals surface area contributed by atoms with Gasteiger partial charge in [0.25, 0.3) is 0 Å². The molecule has 0 fully saturated rings. The number of rotatable bonds is 5. The van der Waals surface area contributed by atoms with Gasteiger partial charge in [-0.2, -0.15) is 0 Å². The van der Waals surface area contributed by atoms with Crippen molar-refractivity contribution in [2.75, 3.05) is 25.1 Å². The summed E-state index contributed by atoms with van der Waals surface area (Å²) in [5, 5.41) is 12.8. The number of pyridine rings is 1. The quantitative estimate of drug-likeness (QED) is 0.820. The Hall–Kier alpha value is -1.66. The number of benzene rings is 1. The summed E-state index contributed by atoms with van der Waals surface area (Å²) in [7, 11) is 0. The van der Waals surface area contributed by atoms with Crippen LogP contribution in [-0.2, 0) is 4.74 Å². The van der Waals surface area contributed by atoms with Gasteiger partial charge in [0.05, 0.1) is 24.4 Å². The van der Waals surface area contributed by atoms with Crippen molar-refractivity contribution in [1.29, 1.82) is 0 Å². The van der Waals surface area contributed by atoms with Crippen LogP contribution in [-0.4, -0.2) is 35.8 Å². The molecular formula is C14H15BrN2O3. The summed E-state index contributed by atoms with van der Waals surface area (Å²) in [6, 6.07) is 5.62. The Bertz CT molecular complexity index is 631. The highest BCUT2D eigenvalue weighted by molar-refractivity contribution is 9.10. The minimum absolute atomic E-state index is 0.0252. The van der Waals surface area contributed by atoms with Crippen LogP contribution in [0.4, 0.5) is 5.69 Å². The van der Waals surface area contributed by atoms with Gasteiger partial charge in [0.1, 0.15) is 5.56 Å². The van der Waals surface area contributed by atoms with E-state index in [1.165, 1.54) is 6.20 Å². The Morgan fingerprint density at radius 3 is 3.00 bits per heavy atom. The van der Waals surface area contributed by atoms with Crippen LogP contribution < -0.4 is 5.32 Å². The fourth-order valence-electron chi connectivity index (χ4n) is 1.90. The first-order chi connectivity index (χ1) is 9.67. The Labute approximate surface area is 125 Å². The molecule has 0 unspecified atom stereocenters. The molecule has 0 amide bonds. The second kappa shape index (κ2) is 6.67. The number of nitrogens with zero attached hydrogens (tertiary/aromatic N) is 1. The van der Waals surface area contributed by atoms with E-state index in [1.54, 1.807) is 6.92 Å². The topological polar surface area (TPSA) is 71.5 Å². The highest BCUT2D eigenvalue weighted by Gasteiger charge is 2.16. The maximum atomic E-state index is 12.0. The van der Waals surface area contributed by atoms with E-state index in [2.05, 4.69) is 26.2 Å². The average Bonchev–Trinajstić information content (AvgIpc) is 2.44. The molecule has 2 N–H and O–H groups in total. The van der Waals surface area contributed by atoms with Crippen LogP contribution in [0.25, 0.3) is 10.9 Å². The molecule has 6 heteroatoms. The van der Waals surface area contributed by atoms with Gasteiger partial charge >= 0.3 is 5.97 Å². The Morgan fingerprint density at radius 2 is 2.30 bits per heavy atom. The summed E-state index contributed by atoms with van der Waals surface area (Å²) in [6.45, 7) is 2.38. The lowest BCUT2D eigenvalue weighted by Gasteiger charge is -2.13. The van der Waals surface area contributed by atoms with Crippen LogP contribution in [0.15, 0.2) is 28.9 Å². The fraction of sp³-hybridized carbons (Fsp3) is 0.286. The van der Waals surface area contributed by atoms with Crippen molar-refractivity contribution in [3.63, 3.8) is 0 Å². The highest BCUT2D eigenvalue weighted by Crippen LogP contribution is 2.28. The molecule has 0 saturated heterocycles. The van der Waals surface area contributed by atoms with Gasteiger partial charge in [0.2, 0.25) is 0 Å². The number of fused-ring (bicyclic) bond motifs is 1. The normalized spacial score (nSPS) is 10.6. The molecule has 0 aliphatic carbocycles. The zero-order valence-corrected chi connectivity index (χ0v) is 12.6. The van der Waals surface area contributed by atoms with Crippen LogP contribution in [0, 0.1) is 0 Å². The lowest BCUT2D eigenvalue weighted by Crippen LogP contribution is -2.13. The Kier molecular flexibility index (Phi) is 4.92. The summed E-state index contributed by atoms with van der Waals surface area (Å²) in [4.78, 5) is 16.2. The number of ether oxygens (including phenoxy) is 1. The lowest BCUT2D eigenvalue weighted by molar-refractivity contribution is 0.0527. The van der Waals surface area contributed by atoms with Crippen molar-refractivity contribution < 1.29 is 14.6 Å². The molecule has 0 bridgehead atoms. The van der Waals surface area contributed by atoms with Crippen molar-refractivity contribution in [2.24, 2.45) is 0 Å². The van der Waals surface area contributed by atoms with Crippen LogP contribution in [0.5, 0.6) is 0 Å². The number of nitrogens with one attached hydrogen (secondary N) is 1. The van der Waals surface area contributed by atoms with E-state index in [4.69, 9.17) is 9.84 Å². The van der Waals surface area contributed by atoms with Crippen molar-refractivity contribution >= 4 is 38.5 Å². The molecule has 0 aliphatic rings. The second-order valence-corrected chi connectivity index (χ2v) is 4.99. The maximum Gasteiger partial charge on any atom is 0.341 e. The molecule has 5 nitrogen and oxygen atoms in total. The van der Waals surface area contributed by atoms with Crippen molar-refractivity contribution in [1.82, 2.24) is 4.98 Å². The van der Waals surface area contributed by atoms with E-state index in [9.17, 15) is 4.79 Å². The molecule has 0 spiro atoms. The molecule has 106 valence electrons. The molecule has 1 heterocycles. The molecular weight excluding hydrogens is 324 g/mol. The zero-order chi connectivity index (χ0) is 14.5. The third kappa shape index (κ3) is 3.08. The van der Waals surface area contributed by atoms with E-state index in [-0.39, 0.29) is 6.61 Å². The van der Waals surface area contributed by atoms with Gasteiger partial charge in [-0.3, -0.25) is 4.98 Å². The summed E-state index contributed by atoms with van der Waals surface area (Å²) < 4.78 is 5.94. The Balaban J connectivity index is 2.56. The van der Waals surface area contributed by atoms with Gasteiger partial charge in [0.15, 0.2) is 0 Å². The van der Waals surface area contributed by atoms with Crippen molar-refractivity contribution in [3.05, 3.63) is 34.4 Å². The fourth-order valence-corrected chi connectivity index (χ4v) is 2.25. The van der Waals surface area contributed by atoms with Gasteiger partial charge in [-0.15, -0.1) is 0 Å². The van der Waals surface area contributed by atoms with Crippen molar-refractivity contribution in [2.45, 2.75) is 6.92 Å². The Morgan fingerprint density at radius 1 is 1.50 bits per heavy atom. The highest BCUT2D eigenvalue weighted by atomic mass is 79.9. The van der Waals surface area contributed by atoms with E-state index in [0.29, 0.717) is 24.4 Å². The number of carbonyl (C=O) groups is 1. The van der Waals surface area contributed by atoms with Crippen LogP contribution >= 0.6 is 15.9 Å². The molecule has 20 heavy (non-hydrogen) atoms. The molecule has 0 radical (unpaired) electrons. The molecule has 2 aromatic rings. The van der Waals surface area contributed by atoms with Gasteiger partial charge < -0.3 is 15.2 Å². The predicted octanol–water partition coefficient (Wildman–Crippen LogP) is 2.58. The first-order valence-corrected chi connectivity index (χ1v) is 7.06. The van der Waals surface area contributed by atoms with Crippen molar-refractivity contribution in [3.8, 4) is 0 Å². The van der Waals surface area contributed by atoms with Gasteiger partial charge in [-0.05, 0) is 25.1 Å². The van der Waals surface area contributed by atoms with Gasteiger partial charge in [0, 0.05) is 22.6 Å². The lowest BCUT2D eigenvalue weighted by atomic mass is 10.1. The number of hydrogen-bond donors (Lipinski definition) is 2. The molecule has 0 aliphatic heterocycles. The first kappa shape index (κ1) is 14.7. The summed E-state index contributed by atoms with van der Waals surface area (Å²) in [5.74, 6) is -0.426. The van der Waals surface area contributed by atoms with E-state index >= 15 is 0 Å². The number of aliphatic hydroxyl groups is 1. The second-order valence-electron chi connectivity index (χ2n) is 4.08. The molecule has 2 rings (SSSR count). The number of aliphatic hydroxyl groups excluding tert-OH is 1. The van der Waals surface area contributed by atoms with E-state index in [1.807, 2.05) is 18.2 Å². The molecule has 0 atom stereocenters. The number of halogens is 1. The molecule has 1 aromatic carbocycles. The van der Waals surface area contributed by atoms with E-state index in [0.717, 1.165) is 15.4 Å². The van der Waals surface area contributed by atoms with Gasteiger partial charge in [-0.1, -0.05) is 15.9 Å². The first-order valence-electron chi connectivity index (χ1n) is 6.27. The molecule has 0 saturated carbocycles. The van der Waals surface area contributed by atoms with Crippen LogP contribution in [0.1, 0.15) is 17.3 Å². The minimum atomic E-state index is -0.426. The van der Waals surface area contributed by atoms with Gasteiger partial charge in [-0.25, -0.2) is 4.79 Å². The summed E-state index contributed by atoms with van der Waals surface area (Å²) >= 11 is 3.39. The third-order valence-corrected chi connectivity index (χ3v) is 3.23. The number of hydrogen-bond acceptors (Lipinski definition) is 5. The monoisotopic (exact) mass is 338 g/mol. The SMILES string of the molecule is CCOC(=O)c1cnc2cc(Br)ccc2c1NCCO. The molecule has 1 aromatic heterocycles. The maximum absolute atomic E-state index is 12.0. The van der Waals surface area contributed by atoms with Crippen LogP contribution in [0.3, 0.4) is 0 Å². The summed E-state index contributed by atoms with van der Waals surface area (Å²) in [5.41, 5.74) is 1.76. The average molecular weight is 339 g/mol. The number of anilines is 1. The third-order valence-electron chi connectivity index (χ3n) is 2.74. The standard InChI is InChI=1S/C14H15BrN2O3/c1-2-20-14(19)11-8-17-12-7-9(15)3-4-10(12)13(11)16-5-6-18/h3-4,7-8,18H,2,5-6H2,1H3,(H,16,17). The minimum Gasteiger partial charge on any atom is -0.462 e. The zero-order valence-electron chi connectivity index (χ0n) is 11.0. The number of aromatic nitrogens is 1. The van der Waals surface area contributed by atoms with Crippen LogP contribution in [0.2, 0.25) is 0 Å². The summed E-state index contributed by atoms with van der Waals surface area (Å²) in [6.07, 6.45) is 1.49. The predicted molar refractivity (Wildman–Crippen MR) is 81.0 cm³/mol. The van der Waals surface area contributed by atoms with E-state index < -0.39 is 5.97 Å². The number of carbonyl (C=O) groups excluding carboxylic acids is 1. The largest absolute Gasteiger partial charge is 0.462 e.